The summed E-state index contributed by atoms with van der Waals surface area (Å²) < 4.78 is 32.3. The number of nitrogens with one attached hydrogen (secondary N) is 2. The van der Waals surface area contributed by atoms with Crippen molar-refractivity contribution in [1.82, 2.24) is 10.3 Å². The maximum absolute atomic E-state index is 13.8. The van der Waals surface area contributed by atoms with Crippen LogP contribution in [0.2, 0.25) is 0 Å². The van der Waals surface area contributed by atoms with Gasteiger partial charge in [0.25, 0.3) is 5.91 Å². The third-order valence-corrected chi connectivity index (χ3v) is 3.99. The van der Waals surface area contributed by atoms with Gasteiger partial charge in [0, 0.05) is 26.0 Å². The Morgan fingerprint density at radius 2 is 1.93 bits per heavy atom. The van der Waals surface area contributed by atoms with E-state index >= 15 is 0 Å². The third-order valence-electron chi connectivity index (χ3n) is 3.99. The smallest absolute Gasteiger partial charge is 0.253 e. The molecule has 0 aliphatic heterocycles. The van der Waals surface area contributed by atoms with Crippen LogP contribution in [0.4, 0.5) is 14.5 Å². The maximum atomic E-state index is 13.8. The number of benzene rings is 2. The second-order valence-electron chi connectivity index (χ2n) is 5.92. The molecule has 0 spiro atoms. The maximum Gasteiger partial charge on any atom is 0.253 e. The Labute approximate surface area is 159 Å². The lowest BCUT2D eigenvalue weighted by Gasteiger charge is -2.09. The number of hydrogen-bond acceptors (Lipinski definition) is 4. The van der Waals surface area contributed by atoms with Gasteiger partial charge in [-0.2, -0.15) is 0 Å². The van der Waals surface area contributed by atoms with Gasteiger partial charge in [-0.25, -0.2) is 13.8 Å². The summed E-state index contributed by atoms with van der Waals surface area (Å²) in [5, 5.41) is 5.19. The lowest BCUT2D eigenvalue weighted by molar-refractivity contribution is -0.116. The minimum absolute atomic E-state index is 0.0495. The van der Waals surface area contributed by atoms with Gasteiger partial charge in [-0.05, 0) is 24.3 Å². The number of anilines is 1. The predicted molar refractivity (Wildman–Crippen MR) is 98.6 cm³/mol. The van der Waals surface area contributed by atoms with Gasteiger partial charge >= 0.3 is 0 Å². The van der Waals surface area contributed by atoms with Gasteiger partial charge in [0.1, 0.15) is 11.6 Å². The van der Waals surface area contributed by atoms with Crippen molar-refractivity contribution in [3.8, 4) is 11.3 Å². The van der Waals surface area contributed by atoms with E-state index in [-0.39, 0.29) is 41.9 Å². The number of carbonyl (C=O) groups excluding carboxylic acids is 2. The van der Waals surface area contributed by atoms with Crippen molar-refractivity contribution < 1.29 is 22.8 Å². The van der Waals surface area contributed by atoms with Crippen LogP contribution < -0.4 is 10.6 Å². The Morgan fingerprint density at radius 1 is 1.14 bits per heavy atom. The average Bonchev–Trinajstić information content (AvgIpc) is 3.15. The number of halogens is 2. The van der Waals surface area contributed by atoms with E-state index in [1.807, 2.05) is 0 Å². The van der Waals surface area contributed by atoms with Crippen molar-refractivity contribution in [2.24, 2.45) is 0 Å². The molecule has 0 aliphatic rings. The summed E-state index contributed by atoms with van der Waals surface area (Å²) in [5.41, 5.74) is 0.834. The fourth-order valence-corrected chi connectivity index (χ4v) is 2.60. The van der Waals surface area contributed by atoms with E-state index in [1.54, 1.807) is 24.3 Å². The lowest BCUT2D eigenvalue weighted by Crippen LogP contribution is -2.21. The van der Waals surface area contributed by atoms with Gasteiger partial charge in [-0.3, -0.25) is 9.59 Å². The topological polar surface area (TPSA) is 84.2 Å². The van der Waals surface area contributed by atoms with Crippen molar-refractivity contribution >= 4 is 17.5 Å². The molecule has 144 valence electrons. The molecule has 6 nitrogen and oxygen atoms in total. The summed E-state index contributed by atoms with van der Waals surface area (Å²) >= 11 is 0. The van der Waals surface area contributed by atoms with Crippen molar-refractivity contribution in [2.75, 3.05) is 12.4 Å². The predicted octanol–water partition coefficient (Wildman–Crippen LogP) is 3.55. The summed E-state index contributed by atoms with van der Waals surface area (Å²) in [5.74, 6) is -1.69. The highest BCUT2D eigenvalue weighted by Gasteiger charge is 2.15. The van der Waals surface area contributed by atoms with Crippen molar-refractivity contribution in [2.45, 2.75) is 12.8 Å². The summed E-state index contributed by atoms with van der Waals surface area (Å²) in [7, 11) is 1.51. The molecule has 28 heavy (non-hydrogen) atoms. The molecule has 0 saturated heterocycles. The molecule has 2 amide bonds. The SMILES string of the molecule is CNC(=O)c1ccccc1NC(=O)CCc1ncc(-c2ccc(F)cc2F)o1. The summed E-state index contributed by atoms with van der Waals surface area (Å²) in [6.45, 7) is 0. The minimum atomic E-state index is -0.758. The van der Waals surface area contributed by atoms with Crippen LogP contribution in [0.25, 0.3) is 11.3 Å². The highest BCUT2D eigenvalue weighted by atomic mass is 19.1. The van der Waals surface area contributed by atoms with Crippen molar-refractivity contribution in [3.05, 3.63) is 71.8 Å². The van der Waals surface area contributed by atoms with E-state index in [0.717, 1.165) is 12.1 Å². The van der Waals surface area contributed by atoms with Crippen LogP contribution in [0, 0.1) is 11.6 Å². The Hall–Kier alpha value is -3.55. The van der Waals surface area contributed by atoms with Crippen LogP contribution in [0.1, 0.15) is 22.7 Å². The molecule has 2 aromatic carbocycles. The van der Waals surface area contributed by atoms with Gasteiger partial charge in [0.05, 0.1) is 23.0 Å². The number of amides is 2. The van der Waals surface area contributed by atoms with Gasteiger partial charge < -0.3 is 15.1 Å². The summed E-state index contributed by atoms with van der Waals surface area (Å²) in [6.07, 6.45) is 1.55. The van der Waals surface area contributed by atoms with Crippen molar-refractivity contribution in [3.63, 3.8) is 0 Å². The van der Waals surface area contributed by atoms with E-state index in [1.165, 1.54) is 19.3 Å². The van der Waals surface area contributed by atoms with E-state index in [2.05, 4.69) is 15.6 Å². The first kappa shape index (κ1) is 19.2. The van der Waals surface area contributed by atoms with Gasteiger partial charge in [0.15, 0.2) is 11.7 Å². The van der Waals surface area contributed by atoms with Crippen molar-refractivity contribution in [1.29, 1.82) is 0 Å². The molecular formula is C20H17F2N3O3. The molecule has 0 unspecified atom stereocenters. The third kappa shape index (κ3) is 4.40. The van der Waals surface area contributed by atoms with Crippen LogP contribution >= 0.6 is 0 Å². The fraction of sp³-hybridized carbons (Fsp3) is 0.150. The number of oxazole rings is 1. The van der Waals surface area contributed by atoms with Crippen LogP contribution in [-0.4, -0.2) is 23.8 Å². The second kappa shape index (κ2) is 8.43. The Balaban J connectivity index is 1.63. The first-order chi connectivity index (χ1) is 13.5. The zero-order valence-electron chi connectivity index (χ0n) is 15.0. The lowest BCUT2D eigenvalue weighted by atomic mass is 10.1. The van der Waals surface area contributed by atoms with E-state index in [0.29, 0.717) is 11.3 Å². The molecule has 1 heterocycles. The van der Waals surface area contributed by atoms with Gasteiger partial charge in [0.2, 0.25) is 5.91 Å². The summed E-state index contributed by atoms with van der Waals surface area (Å²) in [4.78, 5) is 28.1. The average molecular weight is 385 g/mol. The normalized spacial score (nSPS) is 10.5. The van der Waals surface area contributed by atoms with E-state index in [9.17, 15) is 18.4 Å². The number of hydrogen-bond donors (Lipinski definition) is 2. The molecule has 8 heteroatoms. The number of aryl methyl sites for hydroxylation is 1. The number of para-hydroxylation sites is 1. The van der Waals surface area contributed by atoms with Gasteiger partial charge in [-0.1, -0.05) is 12.1 Å². The molecular weight excluding hydrogens is 368 g/mol. The Morgan fingerprint density at radius 3 is 2.68 bits per heavy atom. The summed E-state index contributed by atoms with van der Waals surface area (Å²) in [6, 6.07) is 9.78. The molecule has 0 radical (unpaired) electrons. The molecule has 3 rings (SSSR count). The number of carbonyl (C=O) groups is 2. The molecule has 0 bridgehead atoms. The molecule has 3 aromatic rings. The number of rotatable bonds is 6. The monoisotopic (exact) mass is 385 g/mol. The minimum Gasteiger partial charge on any atom is -0.441 e. The highest BCUT2D eigenvalue weighted by molar-refractivity contribution is 6.03. The zero-order chi connectivity index (χ0) is 20.1. The molecule has 0 fully saturated rings. The Kier molecular flexibility index (Phi) is 5.78. The standard InChI is InChI=1S/C20H17F2N3O3/c1-23-20(27)14-4-2-3-5-16(14)25-18(26)8-9-19-24-11-17(28-19)13-7-6-12(21)10-15(13)22/h2-7,10-11H,8-9H2,1H3,(H,23,27)(H,25,26). The molecule has 1 aromatic heterocycles. The van der Waals surface area contributed by atoms with E-state index < -0.39 is 11.6 Å². The molecule has 2 N–H and O–H groups in total. The molecule has 0 aliphatic carbocycles. The zero-order valence-corrected chi connectivity index (χ0v) is 15.0. The van der Waals surface area contributed by atoms with Gasteiger partial charge in [-0.15, -0.1) is 0 Å². The van der Waals surface area contributed by atoms with Crippen LogP contribution in [-0.2, 0) is 11.2 Å². The Bertz CT molecular complexity index is 1020. The molecule has 0 atom stereocenters. The second-order valence-corrected chi connectivity index (χ2v) is 5.92. The first-order valence-electron chi connectivity index (χ1n) is 8.49. The van der Waals surface area contributed by atoms with Crippen LogP contribution in [0.5, 0.6) is 0 Å². The number of nitrogens with zero attached hydrogens (tertiary/aromatic N) is 1. The molecule has 0 saturated carbocycles. The first-order valence-corrected chi connectivity index (χ1v) is 8.49. The largest absolute Gasteiger partial charge is 0.441 e. The highest BCUT2D eigenvalue weighted by Crippen LogP contribution is 2.24. The number of aromatic nitrogens is 1. The fourth-order valence-electron chi connectivity index (χ4n) is 2.60. The quantitative estimate of drug-likeness (QED) is 0.680. The van der Waals surface area contributed by atoms with E-state index in [4.69, 9.17) is 4.42 Å². The van der Waals surface area contributed by atoms with Crippen LogP contribution in [0.3, 0.4) is 0 Å². The van der Waals surface area contributed by atoms with Crippen LogP contribution in [0.15, 0.2) is 53.1 Å².